The Bertz CT molecular complexity index is 172. The monoisotopic (exact) mass is 150 g/mol. The molecule has 0 bridgehead atoms. The molecule has 62 valence electrons. The van der Waals surface area contributed by atoms with Crippen LogP contribution in [0.3, 0.4) is 0 Å². The van der Waals surface area contributed by atoms with Gasteiger partial charge in [-0.25, -0.2) is 0 Å². The van der Waals surface area contributed by atoms with Gasteiger partial charge in [-0.1, -0.05) is 30.2 Å². The molecule has 0 amide bonds. The zero-order valence-electron chi connectivity index (χ0n) is 7.69. The van der Waals surface area contributed by atoms with E-state index in [1.165, 1.54) is 32.1 Å². The average molecular weight is 150 g/mol. The molecule has 0 heterocycles. The third-order valence-corrected chi connectivity index (χ3v) is 2.40. The summed E-state index contributed by atoms with van der Waals surface area (Å²) < 4.78 is 0. The highest BCUT2D eigenvalue weighted by Crippen LogP contribution is 2.27. The Balaban J connectivity index is 2.36. The van der Waals surface area contributed by atoms with Gasteiger partial charge in [-0.3, -0.25) is 0 Å². The van der Waals surface area contributed by atoms with Crippen LogP contribution in [0.25, 0.3) is 0 Å². The van der Waals surface area contributed by atoms with Crippen LogP contribution in [0.15, 0.2) is 23.3 Å². The number of hydrogen-bond donors (Lipinski definition) is 0. The number of allylic oxidation sites excluding steroid dienone is 4. The largest absolute Gasteiger partial charge is 0.0885 e. The van der Waals surface area contributed by atoms with Gasteiger partial charge in [-0.2, -0.15) is 0 Å². The Morgan fingerprint density at radius 1 is 1.27 bits per heavy atom. The van der Waals surface area contributed by atoms with E-state index in [1.54, 1.807) is 11.1 Å². The third-order valence-electron chi connectivity index (χ3n) is 2.40. The van der Waals surface area contributed by atoms with Gasteiger partial charge in [-0.15, -0.1) is 0 Å². The van der Waals surface area contributed by atoms with Gasteiger partial charge < -0.3 is 0 Å². The maximum atomic E-state index is 2.31. The Morgan fingerprint density at radius 3 is 2.64 bits per heavy atom. The fourth-order valence-corrected chi connectivity index (χ4v) is 1.63. The Labute approximate surface area is 70.0 Å². The zero-order valence-corrected chi connectivity index (χ0v) is 7.69. The summed E-state index contributed by atoms with van der Waals surface area (Å²) in [6, 6.07) is 0. The molecule has 1 rings (SSSR count). The minimum absolute atomic E-state index is 1.17. The Kier molecular flexibility index (Phi) is 3.41. The summed E-state index contributed by atoms with van der Waals surface area (Å²) in [7, 11) is 0. The zero-order chi connectivity index (χ0) is 8.10. The minimum atomic E-state index is 1.17. The second-order valence-corrected chi connectivity index (χ2v) is 3.32. The summed E-state index contributed by atoms with van der Waals surface area (Å²) in [5.74, 6) is 0. The third kappa shape index (κ3) is 2.53. The molecular weight excluding hydrogens is 132 g/mol. The van der Waals surface area contributed by atoms with Crippen molar-refractivity contribution in [2.75, 3.05) is 0 Å². The van der Waals surface area contributed by atoms with Crippen molar-refractivity contribution in [3.63, 3.8) is 0 Å². The molecule has 1 aliphatic carbocycles. The van der Waals surface area contributed by atoms with Crippen molar-refractivity contribution in [3.8, 4) is 0 Å². The molecule has 0 fully saturated rings. The fraction of sp³-hybridized carbons (Fsp3) is 0.636. The van der Waals surface area contributed by atoms with E-state index in [-0.39, 0.29) is 0 Å². The molecule has 0 aromatic carbocycles. The number of rotatable bonds is 3. The van der Waals surface area contributed by atoms with Crippen LogP contribution in [0.2, 0.25) is 0 Å². The molecule has 11 heavy (non-hydrogen) atoms. The average Bonchev–Trinajstić information content (AvgIpc) is 2.37. The van der Waals surface area contributed by atoms with Gasteiger partial charge in [0.25, 0.3) is 0 Å². The first kappa shape index (κ1) is 8.58. The highest BCUT2D eigenvalue weighted by atomic mass is 14.1. The summed E-state index contributed by atoms with van der Waals surface area (Å²) in [5, 5.41) is 0. The highest BCUT2D eigenvalue weighted by molar-refractivity contribution is 5.19. The normalized spacial score (nSPS) is 18.7. The second-order valence-electron chi connectivity index (χ2n) is 3.32. The van der Waals surface area contributed by atoms with Gasteiger partial charge in [0.15, 0.2) is 0 Å². The standard InChI is InChI=1S/C11H18/c1-3-4-5-8-11-9-6-7-10(11)2/h4-5H,3,6-9H2,1-2H3/b5-4-. The molecule has 0 heteroatoms. The SMILES string of the molecule is CC/C=C\CC1=C(C)CCC1. The quantitative estimate of drug-likeness (QED) is 0.536. The molecule has 0 nitrogen and oxygen atoms in total. The topological polar surface area (TPSA) is 0 Å². The second kappa shape index (κ2) is 4.38. The van der Waals surface area contributed by atoms with Crippen molar-refractivity contribution in [2.24, 2.45) is 0 Å². The van der Waals surface area contributed by atoms with E-state index >= 15 is 0 Å². The molecule has 0 radical (unpaired) electrons. The lowest BCUT2D eigenvalue weighted by Gasteiger charge is -1.97. The van der Waals surface area contributed by atoms with Crippen LogP contribution in [0, 0.1) is 0 Å². The van der Waals surface area contributed by atoms with Gasteiger partial charge in [0.2, 0.25) is 0 Å². The van der Waals surface area contributed by atoms with E-state index in [2.05, 4.69) is 26.0 Å². The maximum Gasteiger partial charge on any atom is -0.0136 e. The molecule has 0 saturated carbocycles. The van der Waals surface area contributed by atoms with Crippen LogP contribution in [-0.2, 0) is 0 Å². The van der Waals surface area contributed by atoms with E-state index in [0.717, 1.165) is 0 Å². The fourth-order valence-electron chi connectivity index (χ4n) is 1.63. The summed E-state index contributed by atoms with van der Waals surface area (Å²) in [6.07, 6.45) is 11.0. The first-order valence-corrected chi connectivity index (χ1v) is 4.67. The summed E-state index contributed by atoms with van der Waals surface area (Å²) >= 11 is 0. The van der Waals surface area contributed by atoms with Crippen LogP contribution in [-0.4, -0.2) is 0 Å². The summed E-state index contributed by atoms with van der Waals surface area (Å²) in [4.78, 5) is 0. The van der Waals surface area contributed by atoms with Crippen molar-refractivity contribution >= 4 is 0 Å². The van der Waals surface area contributed by atoms with Gasteiger partial charge in [0.05, 0.1) is 0 Å². The first-order valence-electron chi connectivity index (χ1n) is 4.67. The molecule has 0 N–H and O–H groups in total. The van der Waals surface area contributed by atoms with Gasteiger partial charge in [-0.05, 0) is 39.0 Å². The molecule has 0 saturated heterocycles. The number of hydrogen-bond acceptors (Lipinski definition) is 0. The van der Waals surface area contributed by atoms with Gasteiger partial charge in [0, 0.05) is 0 Å². The lowest BCUT2D eigenvalue weighted by Crippen LogP contribution is -1.76. The van der Waals surface area contributed by atoms with Crippen LogP contribution >= 0.6 is 0 Å². The highest BCUT2D eigenvalue weighted by Gasteiger charge is 2.07. The van der Waals surface area contributed by atoms with Crippen LogP contribution in [0.1, 0.15) is 46.0 Å². The predicted molar refractivity (Wildman–Crippen MR) is 50.6 cm³/mol. The lowest BCUT2D eigenvalue weighted by molar-refractivity contribution is 0.883. The molecule has 0 aromatic rings. The Morgan fingerprint density at radius 2 is 2.09 bits per heavy atom. The van der Waals surface area contributed by atoms with Crippen molar-refractivity contribution in [2.45, 2.75) is 46.0 Å². The molecule has 0 aliphatic heterocycles. The van der Waals surface area contributed by atoms with Crippen molar-refractivity contribution in [3.05, 3.63) is 23.3 Å². The van der Waals surface area contributed by atoms with Gasteiger partial charge in [0.1, 0.15) is 0 Å². The smallest absolute Gasteiger partial charge is 0.0136 e. The van der Waals surface area contributed by atoms with E-state index < -0.39 is 0 Å². The van der Waals surface area contributed by atoms with Crippen LogP contribution in [0.5, 0.6) is 0 Å². The van der Waals surface area contributed by atoms with E-state index in [4.69, 9.17) is 0 Å². The van der Waals surface area contributed by atoms with E-state index in [9.17, 15) is 0 Å². The molecule has 0 spiro atoms. The molecule has 1 aliphatic rings. The van der Waals surface area contributed by atoms with Crippen molar-refractivity contribution in [1.82, 2.24) is 0 Å². The van der Waals surface area contributed by atoms with Crippen LogP contribution in [0.4, 0.5) is 0 Å². The van der Waals surface area contributed by atoms with Gasteiger partial charge >= 0.3 is 0 Å². The first-order chi connectivity index (χ1) is 5.34. The van der Waals surface area contributed by atoms with Crippen molar-refractivity contribution < 1.29 is 0 Å². The lowest BCUT2D eigenvalue weighted by atomic mass is 10.1. The Hall–Kier alpha value is -0.520. The molecule has 0 aromatic heterocycles. The van der Waals surface area contributed by atoms with Crippen molar-refractivity contribution in [1.29, 1.82) is 0 Å². The van der Waals surface area contributed by atoms with E-state index in [0.29, 0.717) is 0 Å². The minimum Gasteiger partial charge on any atom is -0.0885 e. The van der Waals surface area contributed by atoms with E-state index in [1.807, 2.05) is 0 Å². The molecular formula is C11H18. The van der Waals surface area contributed by atoms with Crippen LogP contribution < -0.4 is 0 Å². The summed E-state index contributed by atoms with van der Waals surface area (Å²) in [5.41, 5.74) is 3.33. The summed E-state index contributed by atoms with van der Waals surface area (Å²) in [6.45, 7) is 4.47. The molecule has 0 unspecified atom stereocenters. The predicted octanol–water partition coefficient (Wildman–Crippen LogP) is 3.84. The molecule has 0 atom stereocenters. The maximum absolute atomic E-state index is 2.31.